The van der Waals surface area contributed by atoms with Gasteiger partial charge in [-0.1, -0.05) is 36.2 Å². The van der Waals surface area contributed by atoms with Gasteiger partial charge in [0.15, 0.2) is 0 Å². The van der Waals surface area contributed by atoms with Gasteiger partial charge in [-0.15, -0.1) is 0 Å². The van der Waals surface area contributed by atoms with Crippen molar-refractivity contribution in [2.75, 3.05) is 0 Å². The number of halogens is 1. The summed E-state index contributed by atoms with van der Waals surface area (Å²) in [5, 5.41) is 10.1. The standard InChI is InChI=1S/C13H17BrO2/c1-3-8(2)13-7-11(15)10-6-9(14)4-5-12(10)16-13/h4-6,8,11,13,15H,3,7H2,1-2H3/t8?,11-,13?/m0/s1. The molecule has 88 valence electrons. The third kappa shape index (κ3) is 2.25. The number of ether oxygens (including phenoxy) is 1. The summed E-state index contributed by atoms with van der Waals surface area (Å²) in [6, 6.07) is 5.81. The first kappa shape index (κ1) is 11.9. The summed E-state index contributed by atoms with van der Waals surface area (Å²) < 4.78 is 6.91. The van der Waals surface area contributed by atoms with E-state index in [1.54, 1.807) is 0 Å². The highest BCUT2D eigenvalue weighted by atomic mass is 79.9. The summed E-state index contributed by atoms with van der Waals surface area (Å²) >= 11 is 3.41. The van der Waals surface area contributed by atoms with E-state index in [-0.39, 0.29) is 6.10 Å². The normalized spacial score (nSPS) is 25.8. The maximum absolute atomic E-state index is 10.1. The third-order valence-corrected chi connectivity index (χ3v) is 3.84. The van der Waals surface area contributed by atoms with E-state index in [4.69, 9.17) is 4.74 Å². The lowest BCUT2D eigenvalue weighted by Crippen LogP contribution is -2.31. The molecule has 0 aromatic heterocycles. The number of benzene rings is 1. The molecule has 2 nitrogen and oxygen atoms in total. The number of hydrogen-bond acceptors (Lipinski definition) is 2. The number of fused-ring (bicyclic) bond motifs is 1. The van der Waals surface area contributed by atoms with E-state index in [9.17, 15) is 5.11 Å². The van der Waals surface area contributed by atoms with Crippen molar-refractivity contribution in [3.05, 3.63) is 28.2 Å². The zero-order chi connectivity index (χ0) is 11.7. The van der Waals surface area contributed by atoms with Gasteiger partial charge in [0, 0.05) is 16.5 Å². The van der Waals surface area contributed by atoms with Crippen LogP contribution in [0.5, 0.6) is 5.75 Å². The van der Waals surface area contributed by atoms with Crippen LogP contribution in [0.25, 0.3) is 0 Å². The zero-order valence-corrected chi connectivity index (χ0v) is 11.2. The van der Waals surface area contributed by atoms with Crippen LogP contribution in [0.2, 0.25) is 0 Å². The van der Waals surface area contributed by atoms with Crippen molar-refractivity contribution in [1.29, 1.82) is 0 Å². The van der Waals surface area contributed by atoms with Crippen molar-refractivity contribution < 1.29 is 9.84 Å². The van der Waals surface area contributed by atoms with Crippen molar-refractivity contribution in [3.8, 4) is 5.75 Å². The molecule has 0 amide bonds. The first-order chi connectivity index (χ1) is 7.61. The van der Waals surface area contributed by atoms with E-state index in [0.717, 1.165) is 22.2 Å². The predicted octanol–water partition coefficient (Wildman–Crippen LogP) is 3.68. The van der Waals surface area contributed by atoms with Gasteiger partial charge in [0.1, 0.15) is 11.9 Å². The second-order valence-corrected chi connectivity index (χ2v) is 5.39. The highest BCUT2D eigenvalue weighted by Gasteiger charge is 2.29. The number of aliphatic hydroxyl groups excluding tert-OH is 1. The highest BCUT2D eigenvalue weighted by Crippen LogP contribution is 2.38. The molecule has 0 radical (unpaired) electrons. The summed E-state index contributed by atoms with van der Waals surface area (Å²) in [4.78, 5) is 0. The molecule has 1 heterocycles. The minimum absolute atomic E-state index is 0.133. The monoisotopic (exact) mass is 284 g/mol. The Labute approximate surface area is 105 Å². The Kier molecular flexibility index (Phi) is 3.55. The van der Waals surface area contributed by atoms with Crippen LogP contribution in [-0.2, 0) is 0 Å². The first-order valence-electron chi connectivity index (χ1n) is 5.76. The lowest BCUT2D eigenvalue weighted by Gasteiger charge is -2.33. The Balaban J connectivity index is 2.26. The van der Waals surface area contributed by atoms with E-state index in [2.05, 4.69) is 29.8 Å². The van der Waals surface area contributed by atoms with E-state index >= 15 is 0 Å². The smallest absolute Gasteiger partial charge is 0.125 e. The van der Waals surface area contributed by atoms with Crippen LogP contribution in [0.1, 0.15) is 38.4 Å². The van der Waals surface area contributed by atoms with Gasteiger partial charge in [0.05, 0.1) is 6.10 Å². The lowest BCUT2D eigenvalue weighted by atomic mass is 9.91. The summed E-state index contributed by atoms with van der Waals surface area (Å²) in [6.45, 7) is 4.32. The maximum atomic E-state index is 10.1. The number of hydrogen-bond donors (Lipinski definition) is 1. The Morgan fingerprint density at radius 3 is 3.00 bits per heavy atom. The molecule has 3 atom stereocenters. The van der Waals surface area contributed by atoms with Gasteiger partial charge in [-0.05, 0) is 24.1 Å². The fraction of sp³-hybridized carbons (Fsp3) is 0.538. The summed E-state index contributed by atoms with van der Waals surface area (Å²) in [5.41, 5.74) is 0.897. The minimum Gasteiger partial charge on any atom is -0.490 e. The Morgan fingerprint density at radius 1 is 1.56 bits per heavy atom. The van der Waals surface area contributed by atoms with Crippen molar-refractivity contribution in [2.24, 2.45) is 5.92 Å². The topological polar surface area (TPSA) is 29.5 Å². The van der Waals surface area contributed by atoms with Crippen molar-refractivity contribution in [3.63, 3.8) is 0 Å². The largest absolute Gasteiger partial charge is 0.490 e. The van der Waals surface area contributed by atoms with E-state index < -0.39 is 6.10 Å². The molecule has 1 N–H and O–H groups in total. The quantitative estimate of drug-likeness (QED) is 0.898. The average molecular weight is 285 g/mol. The third-order valence-electron chi connectivity index (χ3n) is 3.34. The lowest BCUT2D eigenvalue weighted by molar-refractivity contribution is 0.0375. The van der Waals surface area contributed by atoms with Crippen molar-refractivity contribution in [1.82, 2.24) is 0 Å². The summed E-state index contributed by atoms with van der Waals surface area (Å²) in [7, 11) is 0. The second kappa shape index (κ2) is 4.76. The predicted molar refractivity (Wildman–Crippen MR) is 67.6 cm³/mol. The van der Waals surface area contributed by atoms with Crippen LogP contribution in [0.3, 0.4) is 0 Å². The molecule has 1 aliphatic rings. The molecule has 0 saturated heterocycles. The molecule has 2 unspecified atom stereocenters. The SMILES string of the molecule is CCC(C)C1C[C@H](O)c2cc(Br)ccc2O1. The zero-order valence-electron chi connectivity index (χ0n) is 9.61. The Bertz CT molecular complexity index is 378. The van der Waals surface area contributed by atoms with Gasteiger partial charge in [0.2, 0.25) is 0 Å². The average Bonchev–Trinajstić information content (AvgIpc) is 2.28. The fourth-order valence-electron chi connectivity index (χ4n) is 2.06. The van der Waals surface area contributed by atoms with Gasteiger partial charge < -0.3 is 9.84 Å². The molecule has 0 fully saturated rings. The molecule has 0 aliphatic carbocycles. The van der Waals surface area contributed by atoms with E-state index in [0.29, 0.717) is 12.3 Å². The molecule has 2 rings (SSSR count). The molecular formula is C13H17BrO2. The maximum Gasteiger partial charge on any atom is 0.125 e. The second-order valence-electron chi connectivity index (χ2n) is 4.48. The fourth-order valence-corrected chi connectivity index (χ4v) is 2.44. The number of aliphatic hydroxyl groups is 1. The van der Waals surface area contributed by atoms with E-state index in [1.165, 1.54) is 0 Å². The summed E-state index contributed by atoms with van der Waals surface area (Å²) in [5.74, 6) is 1.30. The van der Waals surface area contributed by atoms with Crippen molar-refractivity contribution in [2.45, 2.75) is 38.9 Å². The Morgan fingerprint density at radius 2 is 2.31 bits per heavy atom. The molecule has 0 spiro atoms. The molecule has 1 aromatic rings. The molecule has 3 heteroatoms. The molecule has 1 aliphatic heterocycles. The van der Waals surface area contributed by atoms with Crippen molar-refractivity contribution >= 4 is 15.9 Å². The van der Waals surface area contributed by atoms with Crippen LogP contribution in [0.15, 0.2) is 22.7 Å². The number of rotatable bonds is 2. The minimum atomic E-state index is -0.403. The molecule has 0 saturated carbocycles. The molecule has 16 heavy (non-hydrogen) atoms. The van der Waals surface area contributed by atoms with Crippen LogP contribution in [-0.4, -0.2) is 11.2 Å². The molecule has 0 bridgehead atoms. The van der Waals surface area contributed by atoms with Crippen LogP contribution >= 0.6 is 15.9 Å². The highest BCUT2D eigenvalue weighted by molar-refractivity contribution is 9.10. The van der Waals surface area contributed by atoms with Crippen LogP contribution in [0.4, 0.5) is 0 Å². The Hall–Kier alpha value is -0.540. The van der Waals surface area contributed by atoms with E-state index in [1.807, 2.05) is 18.2 Å². The van der Waals surface area contributed by atoms with Crippen LogP contribution in [0, 0.1) is 5.92 Å². The van der Waals surface area contributed by atoms with Gasteiger partial charge in [0.25, 0.3) is 0 Å². The molecule has 1 aromatic carbocycles. The molecular weight excluding hydrogens is 268 g/mol. The van der Waals surface area contributed by atoms with Gasteiger partial charge in [-0.25, -0.2) is 0 Å². The van der Waals surface area contributed by atoms with Crippen LogP contribution < -0.4 is 4.74 Å². The van der Waals surface area contributed by atoms with Gasteiger partial charge >= 0.3 is 0 Å². The van der Waals surface area contributed by atoms with Gasteiger partial charge in [-0.3, -0.25) is 0 Å². The summed E-state index contributed by atoms with van der Waals surface area (Å²) in [6.07, 6.45) is 1.50. The van der Waals surface area contributed by atoms with Gasteiger partial charge in [-0.2, -0.15) is 0 Å². The first-order valence-corrected chi connectivity index (χ1v) is 6.55.